The molecule has 0 aromatic carbocycles. The van der Waals surface area contributed by atoms with Crippen molar-refractivity contribution in [3.63, 3.8) is 0 Å². The zero-order valence-corrected chi connectivity index (χ0v) is 9.08. The van der Waals surface area contributed by atoms with Crippen molar-refractivity contribution < 1.29 is 0 Å². The summed E-state index contributed by atoms with van der Waals surface area (Å²) in [4.78, 5) is 0. The minimum absolute atomic E-state index is 0.823. The van der Waals surface area contributed by atoms with Crippen molar-refractivity contribution in [3.8, 4) is 0 Å². The van der Waals surface area contributed by atoms with E-state index < -0.39 is 0 Å². The highest BCUT2D eigenvalue weighted by Gasteiger charge is 2.23. The van der Waals surface area contributed by atoms with Crippen LogP contribution in [0.1, 0.15) is 38.5 Å². The van der Waals surface area contributed by atoms with E-state index in [1.54, 1.807) is 0 Å². The van der Waals surface area contributed by atoms with Crippen molar-refractivity contribution in [2.75, 3.05) is 11.8 Å². The summed E-state index contributed by atoms with van der Waals surface area (Å²) in [5, 5.41) is 0. The number of halogens is 2. The molecule has 1 rings (SSSR count). The molecule has 0 spiro atoms. The van der Waals surface area contributed by atoms with Crippen LogP contribution >= 0.6 is 23.2 Å². The zero-order chi connectivity index (χ0) is 8.81. The molecule has 0 nitrogen and oxygen atoms in total. The van der Waals surface area contributed by atoms with Gasteiger partial charge in [0.25, 0.3) is 0 Å². The maximum Gasteiger partial charge on any atom is 0.0226 e. The Labute approximate surface area is 85.6 Å². The second-order valence-corrected chi connectivity index (χ2v) is 4.52. The molecule has 1 fully saturated rings. The normalized spacial score (nSPS) is 30.5. The molecule has 0 aromatic heterocycles. The van der Waals surface area contributed by atoms with Crippen LogP contribution in [0.4, 0.5) is 0 Å². The minimum atomic E-state index is 0.823. The van der Waals surface area contributed by atoms with Crippen molar-refractivity contribution in [3.05, 3.63) is 0 Å². The van der Waals surface area contributed by atoms with Crippen LogP contribution in [0.3, 0.4) is 0 Å². The lowest BCUT2D eigenvalue weighted by Crippen LogP contribution is -2.20. The summed E-state index contributed by atoms with van der Waals surface area (Å²) in [7, 11) is 0. The van der Waals surface area contributed by atoms with E-state index >= 15 is 0 Å². The molecule has 1 aliphatic carbocycles. The summed E-state index contributed by atoms with van der Waals surface area (Å²) >= 11 is 11.5. The molecule has 0 aliphatic heterocycles. The van der Waals surface area contributed by atoms with E-state index in [-0.39, 0.29) is 0 Å². The molecule has 2 heteroatoms. The van der Waals surface area contributed by atoms with Crippen LogP contribution in [-0.2, 0) is 0 Å². The van der Waals surface area contributed by atoms with Crippen molar-refractivity contribution in [2.45, 2.75) is 38.5 Å². The highest BCUT2D eigenvalue weighted by atomic mass is 35.5. The van der Waals surface area contributed by atoms with Crippen molar-refractivity contribution in [2.24, 2.45) is 11.8 Å². The standard InChI is InChI=1S/C10H18Cl2/c11-7-5-9-3-1-2-4-10(9)6-8-12/h9-10H,1-8H2. The first-order valence-electron chi connectivity index (χ1n) is 5.00. The van der Waals surface area contributed by atoms with Gasteiger partial charge in [-0.25, -0.2) is 0 Å². The molecule has 2 unspecified atom stereocenters. The van der Waals surface area contributed by atoms with Crippen LogP contribution in [0.2, 0.25) is 0 Å². The van der Waals surface area contributed by atoms with Crippen molar-refractivity contribution >= 4 is 23.2 Å². The van der Waals surface area contributed by atoms with Gasteiger partial charge in [-0.1, -0.05) is 25.7 Å². The van der Waals surface area contributed by atoms with Gasteiger partial charge >= 0.3 is 0 Å². The predicted molar refractivity (Wildman–Crippen MR) is 56.1 cm³/mol. The Morgan fingerprint density at radius 1 is 0.833 bits per heavy atom. The van der Waals surface area contributed by atoms with E-state index in [9.17, 15) is 0 Å². The molecular formula is C10H18Cl2. The lowest BCUT2D eigenvalue weighted by molar-refractivity contribution is 0.226. The molecule has 0 N–H and O–H groups in total. The molecule has 0 aromatic rings. The number of hydrogen-bond acceptors (Lipinski definition) is 0. The van der Waals surface area contributed by atoms with Crippen LogP contribution in [0.5, 0.6) is 0 Å². The SMILES string of the molecule is ClCCC1CCCCC1CCCl. The third-order valence-electron chi connectivity index (χ3n) is 3.03. The Kier molecular flexibility index (Phi) is 5.42. The van der Waals surface area contributed by atoms with E-state index in [0.717, 1.165) is 23.6 Å². The Bertz CT molecular complexity index is 96.4. The fourth-order valence-corrected chi connectivity index (χ4v) is 2.89. The zero-order valence-electron chi connectivity index (χ0n) is 7.57. The first kappa shape index (κ1) is 10.7. The highest BCUT2D eigenvalue weighted by Crippen LogP contribution is 2.34. The molecule has 0 bridgehead atoms. The number of alkyl halides is 2. The van der Waals surface area contributed by atoms with E-state index in [0.29, 0.717) is 0 Å². The smallest absolute Gasteiger partial charge is 0.0226 e. The predicted octanol–water partition coefficient (Wildman–Crippen LogP) is 4.05. The van der Waals surface area contributed by atoms with Gasteiger partial charge < -0.3 is 0 Å². The molecule has 1 saturated carbocycles. The molecule has 0 radical (unpaired) electrons. The maximum atomic E-state index is 5.77. The molecule has 12 heavy (non-hydrogen) atoms. The van der Waals surface area contributed by atoms with E-state index in [1.807, 2.05) is 0 Å². The van der Waals surface area contributed by atoms with E-state index in [1.165, 1.54) is 38.5 Å². The molecular weight excluding hydrogens is 191 g/mol. The lowest BCUT2D eigenvalue weighted by atomic mass is 9.76. The molecule has 1 aliphatic rings. The summed E-state index contributed by atoms with van der Waals surface area (Å²) < 4.78 is 0. The third-order valence-corrected chi connectivity index (χ3v) is 3.46. The van der Waals surface area contributed by atoms with Gasteiger partial charge in [0.2, 0.25) is 0 Å². The summed E-state index contributed by atoms with van der Waals surface area (Å²) in [6, 6.07) is 0. The fourth-order valence-electron chi connectivity index (χ4n) is 2.32. The van der Waals surface area contributed by atoms with Crippen LogP contribution in [-0.4, -0.2) is 11.8 Å². The van der Waals surface area contributed by atoms with E-state index in [4.69, 9.17) is 23.2 Å². The average molecular weight is 209 g/mol. The second-order valence-electron chi connectivity index (χ2n) is 3.76. The van der Waals surface area contributed by atoms with Gasteiger partial charge in [-0.05, 0) is 24.7 Å². The van der Waals surface area contributed by atoms with Crippen LogP contribution in [0.25, 0.3) is 0 Å². The summed E-state index contributed by atoms with van der Waals surface area (Å²) in [5.74, 6) is 3.39. The van der Waals surface area contributed by atoms with Gasteiger partial charge in [-0.3, -0.25) is 0 Å². The van der Waals surface area contributed by atoms with Crippen LogP contribution in [0, 0.1) is 11.8 Å². The summed E-state index contributed by atoms with van der Waals surface area (Å²) in [6.07, 6.45) is 7.97. The van der Waals surface area contributed by atoms with Crippen molar-refractivity contribution in [1.29, 1.82) is 0 Å². The van der Waals surface area contributed by atoms with Gasteiger partial charge in [0.05, 0.1) is 0 Å². The Morgan fingerprint density at radius 3 is 1.58 bits per heavy atom. The Morgan fingerprint density at radius 2 is 1.25 bits per heavy atom. The fraction of sp³-hybridized carbons (Fsp3) is 1.00. The Balaban J connectivity index is 2.31. The van der Waals surface area contributed by atoms with Gasteiger partial charge in [-0.2, -0.15) is 0 Å². The highest BCUT2D eigenvalue weighted by molar-refractivity contribution is 6.18. The van der Waals surface area contributed by atoms with E-state index in [2.05, 4.69) is 0 Å². The molecule has 0 heterocycles. The summed E-state index contributed by atoms with van der Waals surface area (Å²) in [5.41, 5.74) is 0. The van der Waals surface area contributed by atoms with Gasteiger partial charge in [-0.15, -0.1) is 23.2 Å². The molecule has 2 atom stereocenters. The quantitative estimate of drug-likeness (QED) is 0.612. The molecule has 0 amide bonds. The maximum absolute atomic E-state index is 5.77. The van der Waals surface area contributed by atoms with Gasteiger partial charge in [0.1, 0.15) is 0 Å². The van der Waals surface area contributed by atoms with Crippen LogP contribution < -0.4 is 0 Å². The Hall–Kier alpha value is 0.580. The number of hydrogen-bond donors (Lipinski definition) is 0. The first-order chi connectivity index (χ1) is 5.88. The number of rotatable bonds is 4. The van der Waals surface area contributed by atoms with Crippen LogP contribution in [0.15, 0.2) is 0 Å². The van der Waals surface area contributed by atoms with Gasteiger partial charge in [0.15, 0.2) is 0 Å². The molecule has 0 saturated heterocycles. The summed E-state index contributed by atoms with van der Waals surface area (Å²) in [6.45, 7) is 0. The minimum Gasteiger partial charge on any atom is -0.127 e. The lowest BCUT2D eigenvalue weighted by Gasteiger charge is -2.30. The first-order valence-corrected chi connectivity index (χ1v) is 6.07. The third kappa shape index (κ3) is 3.14. The second kappa shape index (κ2) is 6.10. The largest absolute Gasteiger partial charge is 0.127 e. The topological polar surface area (TPSA) is 0 Å². The monoisotopic (exact) mass is 208 g/mol. The van der Waals surface area contributed by atoms with Crippen molar-refractivity contribution in [1.82, 2.24) is 0 Å². The molecule has 72 valence electrons. The average Bonchev–Trinajstić information content (AvgIpc) is 2.09. The van der Waals surface area contributed by atoms with Gasteiger partial charge in [0, 0.05) is 11.8 Å².